The lowest BCUT2D eigenvalue weighted by molar-refractivity contribution is 0.240. The predicted octanol–water partition coefficient (Wildman–Crippen LogP) is 2.16. The fourth-order valence-electron chi connectivity index (χ4n) is 2.87. The summed E-state index contributed by atoms with van der Waals surface area (Å²) in [5, 5.41) is 5.75. The van der Waals surface area contributed by atoms with E-state index in [9.17, 15) is 4.79 Å². The van der Waals surface area contributed by atoms with Crippen molar-refractivity contribution in [2.45, 2.75) is 25.3 Å². The van der Waals surface area contributed by atoms with E-state index in [0.717, 1.165) is 12.8 Å². The number of carbonyl (C=O) groups excluding carboxylic acids is 1. The van der Waals surface area contributed by atoms with E-state index in [1.165, 1.54) is 30.8 Å². The maximum Gasteiger partial charge on any atom is 0.320 e. The van der Waals surface area contributed by atoms with E-state index in [4.69, 9.17) is 4.74 Å². The first kappa shape index (κ1) is 14.3. The Labute approximate surface area is 128 Å². The largest absolute Gasteiger partial charge is 0.491 e. The SMILES string of the molecule is COc1cncnc1NC(=O)NC1(C)Cc2ccccc2C1. The van der Waals surface area contributed by atoms with Crippen molar-refractivity contribution in [1.29, 1.82) is 0 Å². The van der Waals surface area contributed by atoms with Crippen molar-refractivity contribution in [2.75, 3.05) is 12.4 Å². The minimum atomic E-state index is -0.299. The van der Waals surface area contributed by atoms with Crippen LogP contribution in [0.5, 0.6) is 5.75 Å². The minimum Gasteiger partial charge on any atom is -0.491 e. The normalized spacial score (nSPS) is 15.0. The number of carbonyl (C=O) groups is 1. The van der Waals surface area contributed by atoms with Crippen LogP contribution in [0.1, 0.15) is 18.1 Å². The number of fused-ring (bicyclic) bond motifs is 1. The Kier molecular flexibility index (Phi) is 3.66. The summed E-state index contributed by atoms with van der Waals surface area (Å²) in [6.07, 6.45) is 4.51. The minimum absolute atomic E-state index is 0.298. The number of ether oxygens (including phenoxy) is 1. The van der Waals surface area contributed by atoms with E-state index >= 15 is 0 Å². The number of anilines is 1. The summed E-state index contributed by atoms with van der Waals surface area (Å²) in [6, 6.07) is 7.96. The topological polar surface area (TPSA) is 76.1 Å². The van der Waals surface area contributed by atoms with E-state index in [2.05, 4.69) is 32.7 Å². The summed E-state index contributed by atoms with van der Waals surface area (Å²) < 4.78 is 5.12. The second-order valence-corrected chi connectivity index (χ2v) is 5.70. The van der Waals surface area contributed by atoms with Crippen molar-refractivity contribution in [2.24, 2.45) is 0 Å². The van der Waals surface area contributed by atoms with Crippen LogP contribution in [0.2, 0.25) is 0 Å². The van der Waals surface area contributed by atoms with Gasteiger partial charge in [-0.1, -0.05) is 24.3 Å². The summed E-state index contributed by atoms with van der Waals surface area (Å²) in [5.74, 6) is 0.784. The lowest BCUT2D eigenvalue weighted by Crippen LogP contribution is -2.48. The number of hydrogen-bond acceptors (Lipinski definition) is 4. The molecule has 3 rings (SSSR count). The number of benzene rings is 1. The lowest BCUT2D eigenvalue weighted by atomic mass is 9.99. The molecule has 2 aromatic rings. The molecule has 1 aromatic carbocycles. The highest BCUT2D eigenvalue weighted by Crippen LogP contribution is 2.29. The molecular formula is C16H18N4O2. The van der Waals surface area contributed by atoms with Gasteiger partial charge in [0.25, 0.3) is 0 Å². The van der Waals surface area contributed by atoms with Crippen LogP contribution < -0.4 is 15.4 Å². The zero-order valence-electron chi connectivity index (χ0n) is 12.6. The summed E-state index contributed by atoms with van der Waals surface area (Å²) in [6.45, 7) is 2.05. The zero-order valence-corrected chi connectivity index (χ0v) is 12.6. The molecule has 0 fully saturated rings. The first-order valence-corrected chi connectivity index (χ1v) is 7.09. The Bertz CT molecular complexity index is 677. The van der Waals surface area contributed by atoms with Crippen LogP contribution in [0.4, 0.5) is 10.6 Å². The molecule has 1 aliphatic carbocycles. The molecule has 0 atom stereocenters. The van der Waals surface area contributed by atoms with E-state index < -0.39 is 0 Å². The van der Waals surface area contributed by atoms with Gasteiger partial charge < -0.3 is 10.1 Å². The molecule has 1 aromatic heterocycles. The highest BCUT2D eigenvalue weighted by molar-refractivity contribution is 5.90. The van der Waals surface area contributed by atoms with Crippen LogP contribution >= 0.6 is 0 Å². The van der Waals surface area contributed by atoms with Gasteiger partial charge in [0.1, 0.15) is 6.33 Å². The van der Waals surface area contributed by atoms with Crippen LogP contribution in [0, 0.1) is 0 Å². The number of nitrogens with zero attached hydrogens (tertiary/aromatic N) is 2. The van der Waals surface area contributed by atoms with E-state index in [1.54, 1.807) is 0 Å². The van der Waals surface area contributed by atoms with Gasteiger partial charge in [-0.2, -0.15) is 0 Å². The Balaban J connectivity index is 1.68. The standard InChI is InChI=1S/C16H18N4O2/c1-16(7-11-5-3-4-6-12(11)8-16)20-15(21)19-14-13(22-2)9-17-10-18-14/h3-6,9-10H,7-8H2,1-2H3,(H2,17,18,19,20,21). The van der Waals surface area contributed by atoms with Gasteiger partial charge in [-0.15, -0.1) is 0 Å². The molecule has 0 unspecified atom stereocenters. The average Bonchev–Trinajstić information content (AvgIpc) is 2.83. The number of urea groups is 1. The molecule has 1 aliphatic rings. The lowest BCUT2D eigenvalue weighted by Gasteiger charge is -2.25. The quantitative estimate of drug-likeness (QED) is 0.910. The molecule has 22 heavy (non-hydrogen) atoms. The second-order valence-electron chi connectivity index (χ2n) is 5.70. The van der Waals surface area contributed by atoms with E-state index in [0.29, 0.717) is 11.6 Å². The molecule has 114 valence electrons. The Morgan fingerprint density at radius 1 is 1.27 bits per heavy atom. The van der Waals surface area contributed by atoms with Crippen molar-refractivity contribution in [3.05, 3.63) is 47.9 Å². The van der Waals surface area contributed by atoms with Crippen LogP contribution in [0.15, 0.2) is 36.8 Å². The smallest absolute Gasteiger partial charge is 0.320 e. The van der Waals surface area contributed by atoms with Crippen molar-refractivity contribution in [1.82, 2.24) is 15.3 Å². The van der Waals surface area contributed by atoms with Gasteiger partial charge in [0.15, 0.2) is 11.6 Å². The monoisotopic (exact) mass is 298 g/mol. The molecule has 6 heteroatoms. The van der Waals surface area contributed by atoms with Crippen molar-refractivity contribution in [3.63, 3.8) is 0 Å². The molecule has 1 heterocycles. The highest BCUT2D eigenvalue weighted by atomic mass is 16.5. The fraction of sp³-hybridized carbons (Fsp3) is 0.312. The highest BCUT2D eigenvalue weighted by Gasteiger charge is 2.34. The van der Waals surface area contributed by atoms with Gasteiger partial charge in [-0.3, -0.25) is 5.32 Å². The molecule has 6 nitrogen and oxygen atoms in total. The van der Waals surface area contributed by atoms with Gasteiger partial charge in [-0.25, -0.2) is 14.8 Å². The summed E-state index contributed by atoms with van der Waals surface area (Å²) >= 11 is 0. The van der Waals surface area contributed by atoms with Crippen LogP contribution in [0.25, 0.3) is 0 Å². The Hall–Kier alpha value is -2.63. The van der Waals surface area contributed by atoms with Crippen molar-refractivity contribution < 1.29 is 9.53 Å². The molecule has 0 radical (unpaired) electrons. The maximum absolute atomic E-state index is 12.3. The van der Waals surface area contributed by atoms with Crippen LogP contribution in [-0.2, 0) is 12.8 Å². The molecule has 0 saturated heterocycles. The molecule has 0 aliphatic heterocycles. The summed E-state index contributed by atoms with van der Waals surface area (Å²) in [5.41, 5.74) is 2.27. The van der Waals surface area contributed by atoms with Gasteiger partial charge in [0.2, 0.25) is 0 Å². The Morgan fingerprint density at radius 3 is 2.59 bits per heavy atom. The Morgan fingerprint density at radius 2 is 1.95 bits per heavy atom. The predicted molar refractivity (Wildman–Crippen MR) is 83.0 cm³/mol. The van der Waals surface area contributed by atoms with Gasteiger partial charge in [0, 0.05) is 5.54 Å². The van der Waals surface area contributed by atoms with E-state index in [-0.39, 0.29) is 11.6 Å². The number of methoxy groups -OCH3 is 1. The second kappa shape index (κ2) is 5.63. The first-order chi connectivity index (χ1) is 10.6. The van der Waals surface area contributed by atoms with Crippen LogP contribution in [0.3, 0.4) is 0 Å². The molecular weight excluding hydrogens is 280 g/mol. The van der Waals surface area contributed by atoms with Crippen LogP contribution in [-0.4, -0.2) is 28.6 Å². The number of hydrogen-bond donors (Lipinski definition) is 2. The third kappa shape index (κ3) is 2.86. The van der Waals surface area contributed by atoms with E-state index in [1.807, 2.05) is 19.1 Å². The molecule has 2 amide bonds. The first-order valence-electron chi connectivity index (χ1n) is 7.09. The maximum atomic E-state index is 12.3. The molecule has 0 spiro atoms. The number of amides is 2. The average molecular weight is 298 g/mol. The molecule has 0 saturated carbocycles. The number of nitrogens with one attached hydrogen (secondary N) is 2. The third-order valence-corrected chi connectivity index (χ3v) is 3.83. The number of aromatic nitrogens is 2. The molecule has 0 bridgehead atoms. The van der Waals surface area contributed by atoms with Crippen molar-refractivity contribution in [3.8, 4) is 5.75 Å². The van der Waals surface area contributed by atoms with Gasteiger partial charge in [-0.05, 0) is 30.9 Å². The third-order valence-electron chi connectivity index (χ3n) is 3.83. The number of rotatable bonds is 3. The fourth-order valence-corrected chi connectivity index (χ4v) is 2.87. The van der Waals surface area contributed by atoms with Gasteiger partial charge in [0.05, 0.1) is 13.3 Å². The summed E-state index contributed by atoms with van der Waals surface area (Å²) in [4.78, 5) is 20.1. The zero-order chi connectivity index (χ0) is 15.6. The summed E-state index contributed by atoms with van der Waals surface area (Å²) in [7, 11) is 1.51. The van der Waals surface area contributed by atoms with Crippen molar-refractivity contribution >= 4 is 11.8 Å². The molecule has 2 N–H and O–H groups in total. The van der Waals surface area contributed by atoms with Gasteiger partial charge >= 0.3 is 6.03 Å².